The second kappa shape index (κ2) is 5.27. The number of carboxylic acids is 1. The fourth-order valence-corrected chi connectivity index (χ4v) is 1.62. The zero-order valence-electron chi connectivity index (χ0n) is 9.96. The Labute approximate surface area is 105 Å². The van der Waals surface area contributed by atoms with E-state index in [9.17, 15) is 9.90 Å². The van der Waals surface area contributed by atoms with E-state index in [1.807, 2.05) is 37.3 Å². The van der Waals surface area contributed by atoms with Crippen molar-refractivity contribution < 1.29 is 9.90 Å². The first-order valence-electron chi connectivity index (χ1n) is 5.56. The fourth-order valence-electron chi connectivity index (χ4n) is 1.62. The van der Waals surface area contributed by atoms with Gasteiger partial charge in [-0.25, -0.2) is 0 Å². The van der Waals surface area contributed by atoms with Gasteiger partial charge in [-0.05, 0) is 30.2 Å². The van der Waals surface area contributed by atoms with Gasteiger partial charge in [0.15, 0.2) is 0 Å². The molecule has 0 aliphatic heterocycles. The number of aryl methyl sites for hydroxylation is 1. The quantitative estimate of drug-likeness (QED) is 0.766. The third-order valence-corrected chi connectivity index (χ3v) is 2.56. The maximum absolute atomic E-state index is 10.3. The molecule has 0 saturated carbocycles. The number of aromatic nitrogens is 1. The van der Waals surface area contributed by atoms with Crippen molar-refractivity contribution in [2.45, 2.75) is 6.92 Å². The Morgan fingerprint density at radius 1 is 1.17 bits per heavy atom. The van der Waals surface area contributed by atoms with Crippen LogP contribution in [0.4, 0.5) is 0 Å². The molecular formula is C15H12NO2-. The first kappa shape index (κ1) is 12.0. The molecule has 3 heteroatoms. The molecule has 2 rings (SSSR count). The molecule has 0 unspecified atom stereocenters. The highest BCUT2D eigenvalue weighted by atomic mass is 16.4. The summed E-state index contributed by atoms with van der Waals surface area (Å²) in [5.74, 6) is -1.21. The minimum atomic E-state index is -1.21. The predicted octanol–water partition coefficient (Wildman–Crippen LogP) is 1.82. The predicted molar refractivity (Wildman–Crippen MR) is 68.5 cm³/mol. The number of carbonyl (C=O) groups excluding carboxylic acids is 1. The summed E-state index contributed by atoms with van der Waals surface area (Å²) >= 11 is 0. The molecule has 0 atom stereocenters. The standard InChI is InChI=1S/C15H13NO2/c1-11-2-5-13(6-3-11)14-8-12(9-16-10-14)4-7-15(17)18/h2-10H,1H3,(H,17,18)/p-1/b7-4+. The Hall–Kier alpha value is -2.42. The maximum atomic E-state index is 10.3. The van der Waals surface area contributed by atoms with Crippen molar-refractivity contribution in [1.29, 1.82) is 0 Å². The van der Waals surface area contributed by atoms with Gasteiger partial charge in [0.25, 0.3) is 0 Å². The van der Waals surface area contributed by atoms with E-state index in [4.69, 9.17) is 0 Å². The van der Waals surface area contributed by atoms with E-state index in [-0.39, 0.29) is 0 Å². The molecule has 3 nitrogen and oxygen atoms in total. The molecule has 0 aliphatic carbocycles. The van der Waals surface area contributed by atoms with Crippen molar-refractivity contribution in [3.05, 3.63) is 59.9 Å². The Morgan fingerprint density at radius 2 is 1.89 bits per heavy atom. The molecule has 2 aromatic rings. The van der Waals surface area contributed by atoms with Crippen molar-refractivity contribution in [2.24, 2.45) is 0 Å². The summed E-state index contributed by atoms with van der Waals surface area (Å²) in [6, 6.07) is 9.96. The number of rotatable bonds is 3. The van der Waals surface area contributed by atoms with Crippen LogP contribution in [-0.2, 0) is 4.79 Å². The zero-order valence-corrected chi connectivity index (χ0v) is 9.96. The second-order valence-corrected chi connectivity index (χ2v) is 4.03. The third kappa shape index (κ3) is 3.04. The fraction of sp³-hybridized carbons (Fsp3) is 0.0667. The van der Waals surface area contributed by atoms with Crippen LogP contribution in [0, 0.1) is 6.92 Å². The smallest absolute Gasteiger partial charge is 0.0643 e. The van der Waals surface area contributed by atoms with Gasteiger partial charge in [-0.3, -0.25) is 4.98 Å². The Balaban J connectivity index is 2.32. The van der Waals surface area contributed by atoms with Crippen LogP contribution in [0.15, 0.2) is 48.8 Å². The molecule has 0 spiro atoms. The maximum Gasteiger partial charge on any atom is 0.0643 e. The van der Waals surface area contributed by atoms with E-state index in [1.54, 1.807) is 12.4 Å². The zero-order chi connectivity index (χ0) is 13.0. The Bertz CT molecular complexity index is 586. The van der Waals surface area contributed by atoms with E-state index in [2.05, 4.69) is 4.98 Å². The van der Waals surface area contributed by atoms with Crippen molar-refractivity contribution in [3.63, 3.8) is 0 Å². The topological polar surface area (TPSA) is 53.0 Å². The van der Waals surface area contributed by atoms with Gasteiger partial charge >= 0.3 is 0 Å². The summed E-state index contributed by atoms with van der Waals surface area (Å²) in [5.41, 5.74) is 3.93. The molecule has 0 N–H and O–H groups in total. The van der Waals surface area contributed by atoms with E-state index in [0.29, 0.717) is 0 Å². The van der Waals surface area contributed by atoms with Crippen molar-refractivity contribution in [1.82, 2.24) is 4.98 Å². The van der Waals surface area contributed by atoms with Gasteiger partial charge in [-0.2, -0.15) is 0 Å². The lowest BCUT2D eigenvalue weighted by atomic mass is 10.0. The SMILES string of the molecule is Cc1ccc(-c2cncc(/C=C/C(=O)[O-])c2)cc1. The minimum absolute atomic E-state index is 0.734. The minimum Gasteiger partial charge on any atom is -0.545 e. The summed E-state index contributed by atoms with van der Waals surface area (Å²) in [6.45, 7) is 2.03. The number of benzene rings is 1. The van der Waals surface area contributed by atoms with Gasteiger partial charge in [0, 0.05) is 18.0 Å². The molecule has 18 heavy (non-hydrogen) atoms. The lowest BCUT2D eigenvalue weighted by Gasteiger charge is -2.03. The Kier molecular flexibility index (Phi) is 3.53. The molecule has 0 fully saturated rings. The van der Waals surface area contributed by atoms with Gasteiger partial charge < -0.3 is 9.90 Å². The highest BCUT2D eigenvalue weighted by molar-refractivity contribution is 5.83. The number of aliphatic carboxylic acids is 1. The normalized spacial score (nSPS) is 10.7. The van der Waals surface area contributed by atoms with Gasteiger partial charge in [0.2, 0.25) is 0 Å². The number of carboxylic acid groups (broad SMARTS) is 1. The molecule has 1 heterocycles. The molecule has 0 aliphatic rings. The number of pyridine rings is 1. The van der Waals surface area contributed by atoms with Gasteiger partial charge in [0.05, 0.1) is 5.97 Å². The molecule has 1 aromatic heterocycles. The summed E-state index contributed by atoms with van der Waals surface area (Å²) < 4.78 is 0. The first-order chi connectivity index (χ1) is 8.65. The molecule has 0 amide bonds. The summed E-state index contributed by atoms with van der Waals surface area (Å²) in [6.07, 6.45) is 5.83. The number of hydrogen-bond donors (Lipinski definition) is 0. The summed E-state index contributed by atoms with van der Waals surface area (Å²) in [7, 11) is 0. The van der Waals surface area contributed by atoms with Crippen LogP contribution in [0.5, 0.6) is 0 Å². The van der Waals surface area contributed by atoms with E-state index in [1.165, 1.54) is 11.6 Å². The molecule has 0 bridgehead atoms. The lowest BCUT2D eigenvalue weighted by Crippen LogP contribution is -2.18. The van der Waals surface area contributed by atoms with Gasteiger partial charge in [-0.1, -0.05) is 35.9 Å². The summed E-state index contributed by atoms with van der Waals surface area (Å²) in [5, 5.41) is 10.3. The molecule has 0 radical (unpaired) electrons. The highest BCUT2D eigenvalue weighted by Gasteiger charge is 1.98. The lowest BCUT2D eigenvalue weighted by molar-refractivity contribution is -0.297. The van der Waals surface area contributed by atoms with Crippen LogP contribution in [0.2, 0.25) is 0 Å². The highest BCUT2D eigenvalue weighted by Crippen LogP contribution is 2.20. The van der Waals surface area contributed by atoms with Crippen molar-refractivity contribution in [3.8, 4) is 11.1 Å². The number of hydrogen-bond acceptors (Lipinski definition) is 3. The molecular weight excluding hydrogens is 226 g/mol. The van der Waals surface area contributed by atoms with Crippen LogP contribution >= 0.6 is 0 Å². The van der Waals surface area contributed by atoms with Crippen LogP contribution < -0.4 is 5.11 Å². The van der Waals surface area contributed by atoms with Crippen LogP contribution in [0.25, 0.3) is 17.2 Å². The van der Waals surface area contributed by atoms with E-state index >= 15 is 0 Å². The van der Waals surface area contributed by atoms with Crippen LogP contribution in [-0.4, -0.2) is 11.0 Å². The van der Waals surface area contributed by atoms with Gasteiger partial charge in [-0.15, -0.1) is 0 Å². The van der Waals surface area contributed by atoms with Crippen molar-refractivity contribution >= 4 is 12.0 Å². The molecule has 1 aromatic carbocycles. The monoisotopic (exact) mass is 238 g/mol. The number of nitrogens with zero attached hydrogens (tertiary/aromatic N) is 1. The van der Waals surface area contributed by atoms with E-state index in [0.717, 1.165) is 22.8 Å². The largest absolute Gasteiger partial charge is 0.545 e. The van der Waals surface area contributed by atoms with Gasteiger partial charge in [0.1, 0.15) is 0 Å². The third-order valence-electron chi connectivity index (χ3n) is 2.56. The summed E-state index contributed by atoms with van der Waals surface area (Å²) in [4.78, 5) is 14.4. The van der Waals surface area contributed by atoms with E-state index < -0.39 is 5.97 Å². The first-order valence-corrected chi connectivity index (χ1v) is 5.56. The molecule has 0 saturated heterocycles. The van der Waals surface area contributed by atoms with Crippen molar-refractivity contribution in [2.75, 3.05) is 0 Å². The average molecular weight is 238 g/mol. The second-order valence-electron chi connectivity index (χ2n) is 4.03. The Morgan fingerprint density at radius 3 is 2.56 bits per heavy atom. The van der Waals surface area contributed by atoms with Crippen LogP contribution in [0.3, 0.4) is 0 Å². The average Bonchev–Trinajstić information content (AvgIpc) is 2.37. The number of carbonyl (C=O) groups is 1. The van der Waals surface area contributed by atoms with Crippen LogP contribution in [0.1, 0.15) is 11.1 Å². The molecule has 90 valence electrons.